The summed E-state index contributed by atoms with van der Waals surface area (Å²) in [6.07, 6.45) is 5.25. The normalized spacial score (nSPS) is 20.4. The van der Waals surface area contributed by atoms with Crippen LogP contribution in [0.15, 0.2) is 24.5 Å². The molecule has 1 aromatic heterocycles. The summed E-state index contributed by atoms with van der Waals surface area (Å²) in [6.45, 7) is 1.81. The number of carbonyl (C=O) groups is 1. The second-order valence-electron chi connectivity index (χ2n) is 3.76. The van der Waals surface area contributed by atoms with Crippen molar-refractivity contribution in [2.45, 2.75) is 18.9 Å². The van der Waals surface area contributed by atoms with E-state index < -0.39 is 0 Å². The Morgan fingerprint density at radius 3 is 3.25 bits per heavy atom. The molecule has 2 heterocycles. The number of nitrogens with one attached hydrogen (secondary N) is 2. The second-order valence-corrected chi connectivity index (χ2v) is 3.76. The number of hydrogen-bond acceptors (Lipinski definition) is 4. The Morgan fingerprint density at radius 1 is 1.62 bits per heavy atom. The molecule has 1 unspecified atom stereocenters. The van der Waals surface area contributed by atoms with E-state index in [9.17, 15) is 4.79 Å². The predicted molar refractivity (Wildman–Crippen MR) is 58.7 cm³/mol. The van der Waals surface area contributed by atoms with E-state index in [2.05, 4.69) is 15.8 Å². The lowest BCUT2D eigenvalue weighted by Gasteiger charge is -2.22. The van der Waals surface area contributed by atoms with Crippen LogP contribution in [-0.4, -0.2) is 30.1 Å². The van der Waals surface area contributed by atoms with E-state index >= 15 is 0 Å². The second kappa shape index (κ2) is 5.58. The van der Waals surface area contributed by atoms with Crippen molar-refractivity contribution in [1.29, 1.82) is 0 Å². The topological polar surface area (TPSA) is 63.2 Å². The van der Waals surface area contributed by atoms with Crippen LogP contribution in [0.5, 0.6) is 0 Å². The van der Waals surface area contributed by atoms with Crippen molar-refractivity contribution in [3.8, 4) is 0 Å². The Hall–Kier alpha value is -1.46. The Labute approximate surface area is 94.2 Å². The summed E-state index contributed by atoms with van der Waals surface area (Å²) < 4.78 is 0. The maximum Gasteiger partial charge on any atom is 0.276 e. The number of rotatable bonds is 3. The molecule has 1 aliphatic heterocycles. The fourth-order valence-electron chi connectivity index (χ4n) is 1.61. The molecule has 1 amide bonds. The fraction of sp³-hybridized carbons (Fsp3) is 0.455. The van der Waals surface area contributed by atoms with Gasteiger partial charge >= 0.3 is 0 Å². The number of aromatic nitrogens is 1. The summed E-state index contributed by atoms with van der Waals surface area (Å²) in [4.78, 5) is 20.8. The molecular weight excluding hydrogens is 206 g/mol. The van der Waals surface area contributed by atoms with Crippen molar-refractivity contribution < 1.29 is 9.63 Å². The third kappa shape index (κ3) is 3.01. The quantitative estimate of drug-likeness (QED) is 0.729. The van der Waals surface area contributed by atoms with Crippen LogP contribution in [0.4, 0.5) is 0 Å². The fourth-order valence-corrected chi connectivity index (χ4v) is 1.61. The zero-order chi connectivity index (χ0) is 11.2. The van der Waals surface area contributed by atoms with Crippen LogP contribution in [0.25, 0.3) is 0 Å². The highest BCUT2D eigenvalue weighted by atomic mass is 16.7. The SMILES string of the molecule is O=C(NOC1CCCNC1)c1cccnc1. The molecular formula is C11H15N3O2. The minimum Gasteiger partial charge on any atom is -0.314 e. The number of pyridine rings is 1. The highest BCUT2D eigenvalue weighted by Gasteiger charge is 2.15. The van der Waals surface area contributed by atoms with Crippen LogP contribution in [0.3, 0.4) is 0 Å². The van der Waals surface area contributed by atoms with Crippen LogP contribution in [0, 0.1) is 0 Å². The largest absolute Gasteiger partial charge is 0.314 e. The van der Waals surface area contributed by atoms with Crippen molar-refractivity contribution >= 4 is 5.91 Å². The van der Waals surface area contributed by atoms with Gasteiger partial charge in [0.2, 0.25) is 0 Å². The van der Waals surface area contributed by atoms with E-state index in [-0.39, 0.29) is 12.0 Å². The van der Waals surface area contributed by atoms with Crippen molar-refractivity contribution in [3.63, 3.8) is 0 Å². The zero-order valence-electron chi connectivity index (χ0n) is 8.98. The molecule has 1 fully saturated rings. The molecule has 1 saturated heterocycles. The van der Waals surface area contributed by atoms with Gasteiger partial charge in [0, 0.05) is 18.9 Å². The molecule has 16 heavy (non-hydrogen) atoms. The van der Waals surface area contributed by atoms with E-state index in [1.807, 2.05) is 0 Å². The smallest absolute Gasteiger partial charge is 0.276 e. The minimum atomic E-state index is -0.251. The number of hydroxylamine groups is 1. The van der Waals surface area contributed by atoms with Crippen LogP contribution < -0.4 is 10.8 Å². The summed E-state index contributed by atoms with van der Waals surface area (Å²) in [5.74, 6) is -0.251. The lowest BCUT2D eigenvalue weighted by molar-refractivity contribution is -0.0251. The summed E-state index contributed by atoms with van der Waals surface area (Å²) in [6, 6.07) is 3.42. The Balaban J connectivity index is 1.79. The van der Waals surface area contributed by atoms with Crippen molar-refractivity contribution in [2.75, 3.05) is 13.1 Å². The molecule has 0 saturated carbocycles. The predicted octanol–water partition coefficient (Wildman–Crippen LogP) is 0.495. The van der Waals surface area contributed by atoms with Gasteiger partial charge in [-0.15, -0.1) is 0 Å². The molecule has 0 aromatic carbocycles. The average Bonchev–Trinajstić information content (AvgIpc) is 2.38. The molecule has 0 radical (unpaired) electrons. The molecule has 5 nitrogen and oxygen atoms in total. The summed E-state index contributed by atoms with van der Waals surface area (Å²) >= 11 is 0. The maximum absolute atomic E-state index is 11.6. The van der Waals surface area contributed by atoms with Crippen LogP contribution >= 0.6 is 0 Å². The molecule has 1 aliphatic rings. The van der Waals surface area contributed by atoms with E-state index in [1.54, 1.807) is 18.3 Å². The first-order chi connectivity index (χ1) is 7.86. The first-order valence-electron chi connectivity index (χ1n) is 5.43. The van der Waals surface area contributed by atoms with Gasteiger partial charge < -0.3 is 5.32 Å². The standard InChI is InChI=1S/C11H15N3O2/c15-11(9-3-1-5-12-7-9)14-16-10-4-2-6-13-8-10/h1,3,5,7,10,13H,2,4,6,8H2,(H,14,15). The van der Waals surface area contributed by atoms with Crippen molar-refractivity contribution in [3.05, 3.63) is 30.1 Å². The molecule has 2 rings (SSSR count). The van der Waals surface area contributed by atoms with Crippen LogP contribution in [-0.2, 0) is 4.84 Å². The van der Waals surface area contributed by atoms with Gasteiger partial charge in [-0.1, -0.05) is 0 Å². The first kappa shape index (κ1) is 11.0. The third-order valence-corrected chi connectivity index (χ3v) is 2.49. The van der Waals surface area contributed by atoms with Gasteiger partial charge in [0.15, 0.2) is 0 Å². The summed E-state index contributed by atoms with van der Waals surface area (Å²) in [7, 11) is 0. The van der Waals surface area contributed by atoms with E-state index in [1.165, 1.54) is 6.20 Å². The van der Waals surface area contributed by atoms with Gasteiger partial charge in [0.05, 0.1) is 11.7 Å². The lowest BCUT2D eigenvalue weighted by atomic mass is 10.1. The Kier molecular flexibility index (Phi) is 3.85. The molecule has 0 bridgehead atoms. The first-order valence-corrected chi connectivity index (χ1v) is 5.43. The molecule has 5 heteroatoms. The number of piperidine rings is 1. The maximum atomic E-state index is 11.6. The molecule has 1 atom stereocenters. The van der Waals surface area contributed by atoms with Crippen molar-refractivity contribution in [2.24, 2.45) is 0 Å². The number of nitrogens with zero attached hydrogens (tertiary/aromatic N) is 1. The molecule has 0 aliphatic carbocycles. The number of hydrogen-bond donors (Lipinski definition) is 2. The average molecular weight is 221 g/mol. The number of carbonyl (C=O) groups excluding carboxylic acids is 1. The third-order valence-electron chi connectivity index (χ3n) is 2.49. The van der Waals surface area contributed by atoms with E-state index in [0.29, 0.717) is 5.56 Å². The monoisotopic (exact) mass is 221 g/mol. The van der Waals surface area contributed by atoms with Gasteiger partial charge in [0.25, 0.3) is 5.91 Å². The lowest BCUT2D eigenvalue weighted by Crippen LogP contribution is -2.40. The zero-order valence-corrected chi connectivity index (χ0v) is 8.98. The van der Waals surface area contributed by atoms with Gasteiger partial charge in [-0.25, -0.2) is 5.48 Å². The van der Waals surface area contributed by atoms with E-state index in [0.717, 1.165) is 25.9 Å². The van der Waals surface area contributed by atoms with E-state index in [4.69, 9.17) is 4.84 Å². The summed E-state index contributed by atoms with van der Waals surface area (Å²) in [5, 5.41) is 3.21. The van der Waals surface area contributed by atoms with Crippen LogP contribution in [0.1, 0.15) is 23.2 Å². The Bertz CT molecular complexity index is 336. The van der Waals surface area contributed by atoms with Gasteiger partial charge in [0.1, 0.15) is 0 Å². The minimum absolute atomic E-state index is 0.0642. The highest BCUT2D eigenvalue weighted by molar-refractivity contribution is 5.93. The molecule has 1 aromatic rings. The van der Waals surface area contributed by atoms with Crippen LogP contribution in [0.2, 0.25) is 0 Å². The van der Waals surface area contributed by atoms with Gasteiger partial charge in [-0.3, -0.25) is 14.6 Å². The van der Waals surface area contributed by atoms with Gasteiger partial charge in [-0.2, -0.15) is 0 Å². The highest BCUT2D eigenvalue weighted by Crippen LogP contribution is 2.04. The molecule has 86 valence electrons. The van der Waals surface area contributed by atoms with Crippen molar-refractivity contribution in [1.82, 2.24) is 15.8 Å². The molecule has 2 N–H and O–H groups in total. The summed E-state index contributed by atoms with van der Waals surface area (Å²) in [5.41, 5.74) is 2.96. The molecule has 0 spiro atoms. The Morgan fingerprint density at radius 2 is 2.56 bits per heavy atom. The number of amides is 1. The van der Waals surface area contributed by atoms with Gasteiger partial charge in [-0.05, 0) is 31.5 Å².